The minimum absolute atomic E-state index is 0.152. The number of fused-ring (bicyclic) bond motifs is 1. The van der Waals surface area contributed by atoms with Gasteiger partial charge in [-0.05, 0) is 24.1 Å². The number of nitrogens with one attached hydrogen (secondary N) is 1. The summed E-state index contributed by atoms with van der Waals surface area (Å²) in [5.74, 6) is -0.590. The van der Waals surface area contributed by atoms with Gasteiger partial charge in [0.15, 0.2) is 0 Å². The van der Waals surface area contributed by atoms with E-state index in [1.54, 1.807) is 18.3 Å². The van der Waals surface area contributed by atoms with Crippen LogP contribution in [0.3, 0.4) is 0 Å². The molecule has 0 bridgehead atoms. The van der Waals surface area contributed by atoms with E-state index in [0.717, 1.165) is 5.56 Å². The van der Waals surface area contributed by atoms with Gasteiger partial charge in [-0.15, -0.1) is 0 Å². The molecule has 2 unspecified atom stereocenters. The fourth-order valence-corrected chi connectivity index (χ4v) is 3.53. The van der Waals surface area contributed by atoms with E-state index in [-0.39, 0.29) is 5.91 Å². The highest BCUT2D eigenvalue weighted by molar-refractivity contribution is 5.85. The Balaban J connectivity index is 1.77. The van der Waals surface area contributed by atoms with Gasteiger partial charge in [0.25, 0.3) is 0 Å². The zero-order valence-electron chi connectivity index (χ0n) is 13.6. The van der Waals surface area contributed by atoms with E-state index < -0.39 is 18.0 Å². The van der Waals surface area contributed by atoms with E-state index in [9.17, 15) is 9.18 Å². The molecule has 1 aliphatic heterocycles. The summed E-state index contributed by atoms with van der Waals surface area (Å²) >= 11 is 0. The highest BCUT2D eigenvalue weighted by atomic mass is 19.1. The number of benzene rings is 2. The van der Waals surface area contributed by atoms with E-state index in [4.69, 9.17) is 0 Å². The fraction of sp³-hybridized carbons (Fsp3) is 0.250. The predicted octanol–water partition coefficient (Wildman–Crippen LogP) is 4.12. The number of alkyl halides is 1. The Morgan fingerprint density at radius 3 is 2.68 bits per heavy atom. The number of hydrogen-bond acceptors (Lipinski definition) is 1. The number of rotatable bonds is 4. The van der Waals surface area contributed by atoms with Crippen LogP contribution in [0.5, 0.6) is 0 Å². The molecule has 5 heteroatoms. The van der Waals surface area contributed by atoms with Gasteiger partial charge in [-0.2, -0.15) is 0 Å². The van der Waals surface area contributed by atoms with Crippen LogP contribution in [0.2, 0.25) is 0 Å². The van der Waals surface area contributed by atoms with Gasteiger partial charge in [0.1, 0.15) is 12.0 Å². The van der Waals surface area contributed by atoms with Crippen molar-refractivity contribution in [3.05, 3.63) is 71.7 Å². The Bertz CT molecular complexity index is 920. The summed E-state index contributed by atoms with van der Waals surface area (Å²) in [6, 6.07) is 14.0. The van der Waals surface area contributed by atoms with Gasteiger partial charge in [0.2, 0.25) is 5.91 Å². The topological polar surface area (TPSA) is 34.0 Å². The molecule has 3 aromatic rings. The fourth-order valence-electron chi connectivity index (χ4n) is 3.53. The number of carbonyl (C=O) groups is 1. The van der Waals surface area contributed by atoms with E-state index in [1.807, 2.05) is 34.9 Å². The van der Waals surface area contributed by atoms with Crippen LogP contribution in [0.1, 0.15) is 30.1 Å². The smallest absolute Gasteiger partial charge is 0.220 e. The zero-order chi connectivity index (χ0) is 17.4. The lowest BCUT2D eigenvalue weighted by Crippen LogP contribution is -2.29. The average molecular weight is 340 g/mol. The van der Waals surface area contributed by atoms with Gasteiger partial charge >= 0.3 is 0 Å². The molecule has 0 saturated carbocycles. The minimum atomic E-state index is -1.43. The normalized spacial score (nSPS) is 18.5. The molecule has 128 valence electrons. The number of halogens is 2. The van der Waals surface area contributed by atoms with Crippen LogP contribution in [0.15, 0.2) is 54.7 Å². The van der Waals surface area contributed by atoms with Crippen molar-refractivity contribution in [3.63, 3.8) is 0 Å². The monoisotopic (exact) mass is 340 g/mol. The molecule has 1 saturated heterocycles. The number of amides is 1. The summed E-state index contributed by atoms with van der Waals surface area (Å²) in [6.45, 7) is 0.532. The highest BCUT2D eigenvalue weighted by Crippen LogP contribution is 2.35. The third kappa shape index (κ3) is 2.90. The molecule has 0 aliphatic carbocycles. The molecule has 2 atom stereocenters. The maximum Gasteiger partial charge on any atom is 0.220 e. The molecular formula is C20H18F2N2O. The van der Waals surface area contributed by atoms with Crippen LogP contribution < -0.4 is 5.32 Å². The van der Waals surface area contributed by atoms with Crippen molar-refractivity contribution in [2.75, 3.05) is 0 Å². The van der Waals surface area contributed by atoms with Gasteiger partial charge in [-0.3, -0.25) is 4.79 Å². The SMILES string of the molecule is O=C1CCC(C(F)c2cn(Cc3ccccc3)c3cccc(F)c23)N1. The Hall–Kier alpha value is -2.69. The quantitative estimate of drug-likeness (QED) is 0.762. The van der Waals surface area contributed by atoms with Crippen molar-refractivity contribution in [1.82, 2.24) is 9.88 Å². The summed E-state index contributed by atoms with van der Waals surface area (Å²) in [5, 5.41) is 2.95. The van der Waals surface area contributed by atoms with Crippen molar-refractivity contribution < 1.29 is 13.6 Å². The molecule has 2 heterocycles. The van der Waals surface area contributed by atoms with E-state index in [1.165, 1.54) is 6.07 Å². The molecule has 3 nitrogen and oxygen atoms in total. The molecule has 1 aliphatic rings. The van der Waals surface area contributed by atoms with E-state index in [0.29, 0.717) is 35.9 Å². The first-order chi connectivity index (χ1) is 12.1. The third-order valence-corrected chi connectivity index (χ3v) is 4.76. The van der Waals surface area contributed by atoms with Gasteiger partial charge in [0.05, 0.1) is 11.6 Å². The molecule has 25 heavy (non-hydrogen) atoms. The van der Waals surface area contributed by atoms with Crippen LogP contribution in [-0.4, -0.2) is 16.5 Å². The maximum atomic E-state index is 15.1. The summed E-state index contributed by atoms with van der Waals surface area (Å²) in [5.41, 5.74) is 2.02. The summed E-state index contributed by atoms with van der Waals surface area (Å²) in [6.07, 6.45) is 0.995. The lowest BCUT2D eigenvalue weighted by atomic mass is 10.0. The Morgan fingerprint density at radius 2 is 1.96 bits per heavy atom. The van der Waals surface area contributed by atoms with Crippen molar-refractivity contribution >= 4 is 16.8 Å². The average Bonchev–Trinajstić information content (AvgIpc) is 3.21. The molecule has 1 amide bonds. The number of nitrogens with zero attached hydrogens (tertiary/aromatic N) is 1. The standard InChI is InChI=1S/C20H18F2N2O/c21-15-7-4-8-17-19(15)14(20(22)16-9-10-18(25)23-16)12-24(17)11-13-5-2-1-3-6-13/h1-8,12,16,20H,9-11H2,(H,23,25). The first kappa shape index (κ1) is 15.8. The molecule has 2 aromatic carbocycles. The van der Waals surface area contributed by atoms with Crippen molar-refractivity contribution in [1.29, 1.82) is 0 Å². The Kier molecular flexibility index (Phi) is 3.99. The molecule has 1 aromatic heterocycles. The van der Waals surface area contributed by atoms with Crippen LogP contribution in [0, 0.1) is 5.82 Å². The predicted molar refractivity (Wildman–Crippen MR) is 92.5 cm³/mol. The van der Waals surface area contributed by atoms with Crippen molar-refractivity contribution in [2.24, 2.45) is 0 Å². The van der Waals surface area contributed by atoms with Gasteiger partial charge in [0, 0.05) is 30.1 Å². The van der Waals surface area contributed by atoms with E-state index in [2.05, 4.69) is 5.32 Å². The zero-order valence-corrected chi connectivity index (χ0v) is 13.6. The van der Waals surface area contributed by atoms with E-state index >= 15 is 4.39 Å². The van der Waals surface area contributed by atoms with Crippen molar-refractivity contribution in [2.45, 2.75) is 31.6 Å². The Labute approximate surface area is 144 Å². The van der Waals surface area contributed by atoms with Crippen LogP contribution in [0.4, 0.5) is 8.78 Å². The van der Waals surface area contributed by atoms with Gasteiger partial charge in [-0.1, -0.05) is 36.4 Å². The van der Waals surface area contributed by atoms with Gasteiger partial charge < -0.3 is 9.88 Å². The number of aromatic nitrogens is 1. The second-order valence-corrected chi connectivity index (χ2v) is 6.45. The van der Waals surface area contributed by atoms with Crippen molar-refractivity contribution in [3.8, 4) is 0 Å². The second-order valence-electron chi connectivity index (χ2n) is 6.45. The Morgan fingerprint density at radius 1 is 1.16 bits per heavy atom. The highest BCUT2D eigenvalue weighted by Gasteiger charge is 2.32. The van der Waals surface area contributed by atoms with Gasteiger partial charge in [-0.25, -0.2) is 8.78 Å². The summed E-state index contributed by atoms with van der Waals surface area (Å²) < 4.78 is 31.4. The number of carbonyl (C=O) groups excluding carboxylic acids is 1. The number of hydrogen-bond donors (Lipinski definition) is 1. The molecule has 4 rings (SSSR count). The lowest BCUT2D eigenvalue weighted by Gasteiger charge is -2.15. The first-order valence-corrected chi connectivity index (χ1v) is 8.38. The molecule has 1 fully saturated rings. The second kappa shape index (κ2) is 6.31. The first-order valence-electron chi connectivity index (χ1n) is 8.38. The van der Waals surface area contributed by atoms with Crippen LogP contribution in [0.25, 0.3) is 10.9 Å². The summed E-state index contributed by atoms with van der Waals surface area (Å²) in [4.78, 5) is 11.4. The van der Waals surface area contributed by atoms with Crippen LogP contribution >= 0.6 is 0 Å². The minimum Gasteiger partial charge on any atom is -0.350 e. The van der Waals surface area contributed by atoms with Crippen LogP contribution in [-0.2, 0) is 11.3 Å². The lowest BCUT2D eigenvalue weighted by molar-refractivity contribution is -0.119. The largest absolute Gasteiger partial charge is 0.350 e. The molecule has 0 spiro atoms. The molecule has 1 N–H and O–H groups in total. The summed E-state index contributed by atoms with van der Waals surface area (Å²) in [7, 11) is 0. The maximum absolute atomic E-state index is 15.1. The third-order valence-electron chi connectivity index (χ3n) is 4.76. The molecular weight excluding hydrogens is 322 g/mol. The molecule has 0 radical (unpaired) electrons.